The highest BCUT2D eigenvalue weighted by atomic mass is 19.4. The summed E-state index contributed by atoms with van der Waals surface area (Å²) in [5.74, 6) is -0.434. The summed E-state index contributed by atoms with van der Waals surface area (Å²) >= 11 is 0. The normalized spacial score (nSPS) is 12.3. The summed E-state index contributed by atoms with van der Waals surface area (Å²) in [5.41, 5.74) is 5.49. The van der Waals surface area contributed by atoms with Gasteiger partial charge in [-0.05, 0) is 48.5 Å². The first kappa shape index (κ1) is 21.9. The van der Waals surface area contributed by atoms with Crippen LogP contribution in [0.25, 0.3) is 16.6 Å². The molecule has 0 aliphatic rings. The van der Waals surface area contributed by atoms with E-state index in [1.54, 1.807) is 47.2 Å². The van der Waals surface area contributed by atoms with Crippen molar-refractivity contribution in [2.24, 2.45) is 5.73 Å². The van der Waals surface area contributed by atoms with Gasteiger partial charge in [-0.2, -0.15) is 18.4 Å². The minimum absolute atomic E-state index is 0.0885. The first-order valence-electron chi connectivity index (χ1n) is 9.66. The van der Waals surface area contributed by atoms with Crippen molar-refractivity contribution in [3.05, 3.63) is 89.6 Å². The number of aliphatic hydroxyl groups is 1. The molecule has 1 heterocycles. The molecule has 0 unspecified atom stereocenters. The zero-order chi connectivity index (χ0) is 23.8. The number of aromatic nitrogens is 1. The standard InChI is InChI=1S/C24H16F3N3O3/c25-24(26,27)20-10-9-17(11-14(20)12-28)33-16-7-5-15(6-8-16)30-13-19(22(31)23(29)32)18-3-1-2-4-21(18)30/h1-11,13,22,31H,(H2,29,32)/t22-/m1/s1. The number of fused-ring (bicyclic) bond motifs is 1. The van der Waals surface area contributed by atoms with Crippen LogP contribution in [0.15, 0.2) is 72.9 Å². The molecular weight excluding hydrogens is 435 g/mol. The summed E-state index contributed by atoms with van der Waals surface area (Å²) in [5, 5.41) is 19.9. The van der Waals surface area contributed by atoms with Crippen LogP contribution in [0.1, 0.15) is 22.8 Å². The summed E-state index contributed by atoms with van der Waals surface area (Å²) in [6.07, 6.45) is -4.48. The average molecular weight is 451 g/mol. The number of amides is 1. The monoisotopic (exact) mass is 451 g/mol. The molecule has 0 bridgehead atoms. The van der Waals surface area contributed by atoms with Gasteiger partial charge in [0, 0.05) is 22.8 Å². The van der Waals surface area contributed by atoms with Gasteiger partial charge in [0.15, 0.2) is 6.10 Å². The Kier molecular flexibility index (Phi) is 5.54. The fourth-order valence-corrected chi connectivity index (χ4v) is 3.53. The SMILES string of the molecule is N#Cc1cc(Oc2ccc(-n3cc([C@@H](O)C(N)=O)c4ccccc43)cc2)ccc1C(F)(F)F. The number of aliphatic hydroxyl groups excluding tert-OH is 1. The van der Waals surface area contributed by atoms with Crippen LogP contribution in [0.4, 0.5) is 13.2 Å². The van der Waals surface area contributed by atoms with E-state index in [9.17, 15) is 23.1 Å². The van der Waals surface area contributed by atoms with Crippen LogP contribution in [0.5, 0.6) is 11.5 Å². The van der Waals surface area contributed by atoms with E-state index in [4.69, 9.17) is 15.7 Å². The number of hydrogen-bond donors (Lipinski definition) is 2. The molecule has 0 aliphatic heterocycles. The second kappa shape index (κ2) is 8.33. The number of benzene rings is 3. The predicted octanol–water partition coefficient (Wildman–Crippen LogP) is 4.83. The lowest BCUT2D eigenvalue weighted by Crippen LogP contribution is -2.20. The summed E-state index contributed by atoms with van der Waals surface area (Å²) in [4.78, 5) is 11.5. The molecule has 9 heteroatoms. The van der Waals surface area contributed by atoms with Crippen LogP contribution in [0.2, 0.25) is 0 Å². The molecule has 1 atom stereocenters. The number of carbonyl (C=O) groups excluding carboxylic acids is 1. The molecule has 33 heavy (non-hydrogen) atoms. The number of halogens is 3. The molecule has 0 spiro atoms. The van der Waals surface area contributed by atoms with Gasteiger partial charge in [0.25, 0.3) is 5.91 Å². The second-order valence-electron chi connectivity index (χ2n) is 7.19. The van der Waals surface area contributed by atoms with Gasteiger partial charge in [-0.1, -0.05) is 18.2 Å². The molecule has 0 saturated heterocycles. The van der Waals surface area contributed by atoms with E-state index in [0.717, 1.165) is 23.7 Å². The molecule has 1 aromatic heterocycles. The van der Waals surface area contributed by atoms with Gasteiger partial charge >= 0.3 is 6.18 Å². The molecule has 1 amide bonds. The number of ether oxygens (including phenoxy) is 1. The highest BCUT2D eigenvalue weighted by Crippen LogP contribution is 2.35. The van der Waals surface area contributed by atoms with Crippen molar-refractivity contribution in [2.45, 2.75) is 12.3 Å². The molecule has 3 aromatic carbocycles. The number of alkyl halides is 3. The smallest absolute Gasteiger partial charge is 0.417 e. The lowest BCUT2D eigenvalue weighted by atomic mass is 10.1. The summed E-state index contributed by atoms with van der Waals surface area (Å²) in [7, 11) is 0. The van der Waals surface area contributed by atoms with E-state index in [1.165, 1.54) is 6.07 Å². The predicted molar refractivity (Wildman–Crippen MR) is 114 cm³/mol. The highest BCUT2D eigenvalue weighted by molar-refractivity contribution is 5.91. The van der Waals surface area contributed by atoms with Crippen molar-refractivity contribution in [1.29, 1.82) is 5.26 Å². The minimum atomic E-state index is -4.63. The molecule has 0 saturated carbocycles. The quantitative estimate of drug-likeness (QED) is 0.454. The molecule has 0 aliphatic carbocycles. The van der Waals surface area contributed by atoms with Crippen molar-refractivity contribution >= 4 is 16.8 Å². The van der Waals surface area contributed by atoms with E-state index >= 15 is 0 Å². The van der Waals surface area contributed by atoms with Crippen molar-refractivity contribution < 1.29 is 27.8 Å². The zero-order valence-electron chi connectivity index (χ0n) is 16.9. The van der Waals surface area contributed by atoms with Crippen molar-refractivity contribution in [1.82, 2.24) is 4.57 Å². The Labute approximate surface area is 185 Å². The maximum atomic E-state index is 13.0. The molecule has 166 valence electrons. The van der Waals surface area contributed by atoms with Gasteiger partial charge in [0.2, 0.25) is 0 Å². The Morgan fingerprint density at radius 2 is 1.73 bits per heavy atom. The van der Waals surface area contributed by atoms with Crippen molar-refractivity contribution in [3.8, 4) is 23.3 Å². The minimum Gasteiger partial charge on any atom is -0.457 e. The number of nitriles is 1. The van der Waals surface area contributed by atoms with Gasteiger partial charge in [-0.3, -0.25) is 4.79 Å². The third-order valence-corrected chi connectivity index (χ3v) is 5.07. The van der Waals surface area contributed by atoms with E-state index < -0.39 is 29.3 Å². The first-order chi connectivity index (χ1) is 15.7. The van der Waals surface area contributed by atoms with E-state index in [-0.39, 0.29) is 5.75 Å². The van der Waals surface area contributed by atoms with Crippen molar-refractivity contribution in [3.63, 3.8) is 0 Å². The van der Waals surface area contributed by atoms with Crippen LogP contribution >= 0.6 is 0 Å². The molecule has 4 rings (SSSR count). The fourth-order valence-electron chi connectivity index (χ4n) is 3.53. The van der Waals surface area contributed by atoms with E-state index in [1.807, 2.05) is 12.1 Å². The summed E-state index contributed by atoms with van der Waals surface area (Å²) < 4.78 is 46.3. The van der Waals surface area contributed by atoms with Crippen LogP contribution in [0.3, 0.4) is 0 Å². The first-order valence-corrected chi connectivity index (χ1v) is 9.66. The van der Waals surface area contributed by atoms with Crippen LogP contribution < -0.4 is 10.5 Å². The Morgan fingerprint density at radius 3 is 2.36 bits per heavy atom. The molecule has 3 N–H and O–H groups in total. The molecule has 0 radical (unpaired) electrons. The van der Waals surface area contributed by atoms with E-state index in [2.05, 4.69) is 0 Å². The Bertz CT molecular complexity index is 1390. The van der Waals surface area contributed by atoms with Gasteiger partial charge in [-0.25, -0.2) is 0 Å². The molecule has 6 nitrogen and oxygen atoms in total. The zero-order valence-corrected chi connectivity index (χ0v) is 16.9. The lowest BCUT2D eigenvalue weighted by molar-refractivity contribution is -0.137. The Morgan fingerprint density at radius 1 is 1.06 bits per heavy atom. The van der Waals surface area contributed by atoms with Crippen LogP contribution in [0, 0.1) is 11.3 Å². The topological polar surface area (TPSA) is 101 Å². The van der Waals surface area contributed by atoms with Gasteiger partial charge in [0.1, 0.15) is 11.5 Å². The highest BCUT2D eigenvalue weighted by Gasteiger charge is 2.33. The number of rotatable bonds is 5. The second-order valence-corrected chi connectivity index (χ2v) is 7.19. The Balaban J connectivity index is 1.65. The number of nitrogens with two attached hydrogens (primary N) is 1. The largest absolute Gasteiger partial charge is 0.457 e. The maximum Gasteiger partial charge on any atom is 0.417 e. The molecular formula is C24H16F3N3O3. The van der Waals surface area contributed by atoms with Gasteiger partial charge < -0.3 is 20.1 Å². The Hall–Kier alpha value is -4.29. The third kappa shape index (κ3) is 4.24. The van der Waals surface area contributed by atoms with Crippen molar-refractivity contribution in [2.75, 3.05) is 0 Å². The summed E-state index contributed by atoms with van der Waals surface area (Å²) in [6, 6.07) is 18.3. The number of nitrogens with zero attached hydrogens (tertiary/aromatic N) is 2. The fraction of sp³-hybridized carbons (Fsp3) is 0.0833. The van der Waals surface area contributed by atoms with Crippen LogP contribution in [-0.2, 0) is 11.0 Å². The number of primary amides is 1. The van der Waals surface area contributed by atoms with E-state index in [0.29, 0.717) is 22.4 Å². The lowest BCUT2D eigenvalue weighted by Gasteiger charge is -2.12. The van der Waals surface area contributed by atoms with Gasteiger partial charge in [0.05, 0.1) is 22.7 Å². The number of carbonyl (C=O) groups is 1. The van der Waals surface area contributed by atoms with Crippen LogP contribution in [-0.4, -0.2) is 15.6 Å². The third-order valence-electron chi connectivity index (χ3n) is 5.07. The van der Waals surface area contributed by atoms with Gasteiger partial charge in [-0.15, -0.1) is 0 Å². The summed E-state index contributed by atoms with van der Waals surface area (Å²) in [6.45, 7) is 0. The maximum absolute atomic E-state index is 13.0. The molecule has 4 aromatic rings. The average Bonchev–Trinajstić information content (AvgIpc) is 3.18. The number of para-hydroxylation sites is 1. The number of hydrogen-bond acceptors (Lipinski definition) is 4. The molecule has 0 fully saturated rings.